The molecule has 110 valence electrons. The lowest BCUT2D eigenvalue weighted by Crippen LogP contribution is -2.45. The van der Waals surface area contributed by atoms with Gasteiger partial charge in [0.05, 0.1) is 11.3 Å². The van der Waals surface area contributed by atoms with E-state index in [1.165, 1.54) is 12.8 Å². The molecule has 0 radical (unpaired) electrons. The van der Waals surface area contributed by atoms with Crippen LogP contribution >= 0.6 is 0 Å². The highest BCUT2D eigenvalue weighted by molar-refractivity contribution is 5.95. The van der Waals surface area contributed by atoms with E-state index in [-0.39, 0.29) is 5.91 Å². The number of rotatable bonds is 4. The zero-order valence-corrected chi connectivity index (χ0v) is 12.8. The summed E-state index contributed by atoms with van der Waals surface area (Å²) in [6, 6.07) is 4.25. The third-order valence-electron chi connectivity index (χ3n) is 3.98. The molecule has 4 heteroatoms. The van der Waals surface area contributed by atoms with Gasteiger partial charge in [-0.15, -0.1) is 0 Å². The fourth-order valence-electron chi connectivity index (χ4n) is 2.78. The van der Waals surface area contributed by atoms with Crippen LogP contribution in [0.15, 0.2) is 12.1 Å². The van der Waals surface area contributed by atoms with Gasteiger partial charge < -0.3 is 10.2 Å². The summed E-state index contributed by atoms with van der Waals surface area (Å²) in [4.78, 5) is 19.0. The van der Waals surface area contributed by atoms with Crippen LogP contribution in [0, 0.1) is 13.8 Å². The Kier molecular flexibility index (Phi) is 5.12. The molecule has 1 aromatic rings. The third kappa shape index (κ3) is 3.57. The molecule has 1 unspecified atom stereocenters. The van der Waals surface area contributed by atoms with E-state index >= 15 is 0 Å². The second-order valence-corrected chi connectivity index (χ2v) is 5.58. The Bertz CT molecular complexity index is 467. The molecule has 4 nitrogen and oxygen atoms in total. The van der Waals surface area contributed by atoms with Gasteiger partial charge in [-0.1, -0.05) is 6.42 Å². The van der Waals surface area contributed by atoms with Crippen LogP contribution in [0.2, 0.25) is 0 Å². The zero-order valence-electron chi connectivity index (χ0n) is 12.8. The highest BCUT2D eigenvalue weighted by Gasteiger charge is 2.21. The molecule has 1 saturated heterocycles. The number of carbonyl (C=O) groups is 1. The molecule has 1 atom stereocenters. The van der Waals surface area contributed by atoms with Crippen molar-refractivity contribution in [3.63, 3.8) is 0 Å². The van der Waals surface area contributed by atoms with E-state index in [2.05, 4.69) is 10.3 Å². The molecule has 2 rings (SSSR count). The number of amides is 1. The summed E-state index contributed by atoms with van der Waals surface area (Å²) >= 11 is 0. The van der Waals surface area contributed by atoms with Crippen molar-refractivity contribution in [2.24, 2.45) is 0 Å². The molecule has 0 aromatic carbocycles. The Balaban J connectivity index is 2.07. The summed E-state index contributed by atoms with van der Waals surface area (Å²) < 4.78 is 0. The van der Waals surface area contributed by atoms with Crippen molar-refractivity contribution in [2.45, 2.75) is 46.1 Å². The van der Waals surface area contributed by atoms with E-state index < -0.39 is 0 Å². The molecule has 2 heterocycles. The first kappa shape index (κ1) is 15.0. The molecular weight excluding hydrogens is 250 g/mol. The lowest BCUT2D eigenvalue weighted by molar-refractivity contribution is 0.0740. The summed E-state index contributed by atoms with van der Waals surface area (Å²) in [5.74, 6) is 0.102. The van der Waals surface area contributed by atoms with E-state index in [1.807, 2.05) is 37.8 Å². The van der Waals surface area contributed by atoms with Gasteiger partial charge in [-0.25, -0.2) is 0 Å². The average Bonchev–Trinajstić information content (AvgIpc) is 2.45. The fraction of sp³-hybridized carbons (Fsp3) is 0.625. The Hall–Kier alpha value is -1.42. The summed E-state index contributed by atoms with van der Waals surface area (Å²) in [5, 5.41) is 3.50. The molecule has 1 amide bonds. The second-order valence-electron chi connectivity index (χ2n) is 5.58. The quantitative estimate of drug-likeness (QED) is 0.917. The van der Waals surface area contributed by atoms with Gasteiger partial charge in [-0.3, -0.25) is 9.78 Å². The maximum Gasteiger partial charge on any atom is 0.255 e. The van der Waals surface area contributed by atoms with Crippen LogP contribution in [0.25, 0.3) is 0 Å². The summed E-state index contributed by atoms with van der Waals surface area (Å²) in [6.45, 7) is 8.50. The minimum absolute atomic E-state index is 0.102. The van der Waals surface area contributed by atoms with Crippen LogP contribution in [0.1, 0.15) is 47.9 Å². The van der Waals surface area contributed by atoms with Crippen LogP contribution in [0.4, 0.5) is 0 Å². The lowest BCUT2D eigenvalue weighted by Gasteiger charge is -2.30. The van der Waals surface area contributed by atoms with Crippen molar-refractivity contribution in [3.05, 3.63) is 29.1 Å². The molecular formula is C16H25N3O. The van der Waals surface area contributed by atoms with Gasteiger partial charge in [0.2, 0.25) is 0 Å². The topological polar surface area (TPSA) is 45.2 Å². The number of likely N-dealkylation sites (N-methyl/N-ethyl adjacent to an activating group) is 1. The van der Waals surface area contributed by atoms with Gasteiger partial charge in [0.15, 0.2) is 0 Å². The first-order valence-electron chi connectivity index (χ1n) is 7.58. The third-order valence-corrected chi connectivity index (χ3v) is 3.98. The Morgan fingerprint density at radius 3 is 2.80 bits per heavy atom. The van der Waals surface area contributed by atoms with Crippen molar-refractivity contribution in [3.8, 4) is 0 Å². The zero-order chi connectivity index (χ0) is 14.5. The molecule has 1 fully saturated rings. The average molecular weight is 275 g/mol. The largest absolute Gasteiger partial charge is 0.337 e. The van der Waals surface area contributed by atoms with Crippen molar-refractivity contribution in [2.75, 3.05) is 19.6 Å². The number of hydrogen-bond donors (Lipinski definition) is 1. The van der Waals surface area contributed by atoms with Crippen LogP contribution in [0.5, 0.6) is 0 Å². The Labute approximate surface area is 121 Å². The van der Waals surface area contributed by atoms with Gasteiger partial charge >= 0.3 is 0 Å². The van der Waals surface area contributed by atoms with Gasteiger partial charge in [0.25, 0.3) is 5.91 Å². The van der Waals surface area contributed by atoms with Gasteiger partial charge in [0, 0.05) is 24.8 Å². The normalized spacial score (nSPS) is 18.9. The standard InChI is InChI=1S/C16H25N3O/c1-4-19(11-14-7-5-6-10-17-14)16(20)15-9-8-12(2)18-13(15)3/h8-9,14,17H,4-7,10-11H2,1-3H3. The van der Waals surface area contributed by atoms with E-state index in [0.717, 1.165) is 43.0 Å². The van der Waals surface area contributed by atoms with Crippen LogP contribution in [-0.2, 0) is 0 Å². The number of pyridine rings is 1. The molecule has 20 heavy (non-hydrogen) atoms. The number of carbonyl (C=O) groups excluding carboxylic acids is 1. The molecule has 0 spiro atoms. The molecule has 1 aliphatic heterocycles. The molecule has 1 N–H and O–H groups in total. The monoisotopic (exact) mass is 275 g/mol. The SMILES string of the molecule is CCN(CC1CCCCN1)C(=O)c1ccc(C)nc1C. The van der Waals surface area contributed by atoms with E-state index in [4.69, 9.17) is 0 Å². The molecule has 0 bridgehead atoms. The van der Waals surface area contributed by atoms with Crippen LogP contribution < -0.4 is 5.32 Å². The smallest absolute Gasteiger partial charge is 0.255 e. The fourth-order valence-corrected chi connectivity index (χ4v) is 2.78. The van der Waals surface area contributed by atoms with Gasteiger partial charge in [0.1, 0.15) is 0 Å². The number of piperidine rings is 1. The van der Waals surface area contributed by atoms with E-state index in [1.54, 1.807) is 0 Å². The minimum atomic E-state index is 0.102. The number of aryl methyl sites for hydroxylation is 2. The predicted octanol–water partition coefficient (Wildman–Crippen LogP) is 2.30. The number of nitrogens with one attached hydrogen (secondary N) is 1. The van der Waals surface area contributed by atoms with Crippen molar-refractivity contribution in [1.29, 1.82) is 0 Å². The van der Waals surface area contributed by atoms with Gasteiger partial charge in [-0.05, 0) is 52.3 Å². The van der Waals surface area contributed by atoms with E-state index in [0.29, 0.717) is 6.04 Å². The summed E-state index contributed by atoms with van der Waals surface area (Å²) in [5.41, 5.74) is 2.51. The first-order valence-corrected chi connectivity index (χ1v) is 7.58. The van der Waals surface area contributed by atoms with Crippen molar-refractivity contribution in [1.82, 2.24) is 15.2 Å². The maximum atomic E-state index is 12.6. The van der Waals surface area contributed by atoms with E-state index in [9.17, 15) is 4.79 Å². The molecule has 1 aromatic heterocycles. The van der Waals surface area contributed by atoms with Crippen molar-refractivity contribution < 1.29 is 4.79 Å². The second kappa shape index (κ2) is 6.84. The van der Waals surface area contributed by atoms with Crippen LogP contribution in [0.3, 0.4) is 0 Å². The highest BCUT2D eigenvalue weighted by atomic mass is 16.2. The van der Waals surface area contributed by atoms with Gasteiger partial charge in [-0.2, -0.15) is 0 Å². The molecule has 1 aliphatic rings. The minimum Gasteiger partial charge on any atom is -0.337 e. The summed E-state index contributed by atoms with van der Waals surface area (Å²) in [6.07, 6.45) is 3.67. The lowest BCUT2D eigenvalue weighted by atomic mass is 10.0. The number of hydrogen-bond acceptors (Lipinski definition) is 3. The predicted molar refractivity (Wildman–Crippen MR) is 80.9 cm³/mol. The molecule has 0 saturated carbocycles. The Morgan fingerprint density at radius 2 is 2.20 bits per heavy atom. The summed E-state index contributed by atoms with van der Waals surface area (Å²) in [7, 11) is 0. The van der Waals surface area contributed by atoms with Crippen molar-refractivity contribution >= 4 is 5.91 Å². The first-order chi connectivity index (χ1) is 9.61. The number of aromatic nitrogens is 1. The van der Waals surface area contributed by atoms with Crippen LogP contribution in [-0.4, -0.2) is 41.5 Å². The molecule has 0 aliphatic carbocycles. The number of nitrogens with zero attached hydrogens (tertiary/aromatic N) is 2. The highest BCUT2D eigenvalue weighted by Crippen LogP contribution is 2.13. The Morgan fingerprint density at radius 1 is 1.40 bits per heavy atom. The maximum absolute atomic E-state index is 12.6.